The Morgan fingerprint density at radius 1 is 0.567 bits per heavy atom. The van der Waals surface area contributed by atoms with E-state index in [1.165, 1.54) is 0 Å². The molecule has 5 heteroatoms. The Morgan fingerprint density at radius 2 is 1.24 bits per heavy atom. The van der Waals surface area contributed by atoms with Crippen LogP contribution in [0.5, 0.6) is 5.75 Å². The second-order valence-electron chi connectivity index (χ2n) is 17.9. The van der Waals surface area contributed by atoms with Crippen LogP contribution in [0.1, 0.15) is 126 Å². The molecule has 1 N–H and O–H groups in total. The third-order valence-corrected chi connectivity index (χ3v) is 12.3. The molecule has 0 amide bonds. The van der Waals surface area contributed by atoms with E-state index in [-0.39, 0.29) is 60.6 Å². The summed E-state index contributed by atoms with van der Waals surface area (Å²) in [5.41, 5.74) is 10.7. The van der Waals surface area contributed by atoms with E-state index in [2.05, 4.69) is 6.07 Å². The van der Waals surface area contributed by atoms with Crippen LogP contribution in [-0.2, 0) is 21.1 Å². The van der Waals surface area contributed by atoms with Gasteiger partial charge in [-0.15, -0.1) is 23.8 Å². The van der Waals surface area contributed by atoms with Crippen molar-refractivity contribution < 1.29 is 39.9 Å². The quantitative estimate of drug-likeness (QED) is 0.131. The van der Waals surface area contributed by atoms with E-state index in [9.17, 15) is 14.7 Å². The second kappa shape index (κ2) is 19.5. The van der Waals surface area contributed by atoms with Crippen molar-refractivity contribution in [3.05, 3.63) is 191 Å². The molecule has 4 nitrogen and oxygen atoms in total. The third kappa shape index (κ3) is 9.22. The van der Waals surface area contributed by atoms with Crippen molar-refractivity contribution in [2.24, 2.45) is 0 Å². The summed E-state index contributed by atoms with van der Waals surface area (Å²) in [7, 11) is 0. The Hall–Kier alpha value is -6.35. The fourth-order valence-corrected chi connectivity index (χ4v) is 8.87. The number of aromatic nitrogens is 3. The zero-order chi connectivity index (χ0) is 55.1. The standard InChI is InChI=1S/C62H60N3O.Pt/c1-37(2)47-34-54(40(7)8)61(66)55(35-47)62-64-60-53(20-15-21-58(60)65(62)57-27-26-46(30-42(57)10)59-51(38(3)4)18-14-19-52(59)39(5)6)49-31-48(43-16-12-11-13-17-43)32-50(33-49)56-36-45(28-29-63-56)44-24-22-41(9)23-25-44;/h11-32,34-40,66H,1-10H3;/q-1;/i9D3,10D3,37D,38D,39D,40D;. The summed E-state index contributed by atoms with van der Waals surface area (Å²) in [6.45, 7) is 8.89. The smallest absolute Gasteiger partial charge is 0.148 e. The first kappa shape index (κ1) is 35.8. The van der Waals surface area contributed by atoms with Gasteiger partial charge in [-0.3, -0.25) is 9.55 Å². The summed E-state index contributed by atoms with van der Waals surface area (Å²) in [6.07, 6.45) is 1.71. The number of rotatable bonds is 11. The summed E-state index contributed by atoms with van der Waals surface area (Å²) in [6, 6.07) is 47.9. The Balaban J connectivity index is 0.00000784. The summed E-state index contributed by atoms with van der Waals surface area (Å²) in [4.78, 5) is 10.2. The fraction of sp³-hybridized carbons (Fsp3) is 0.226. The Labute approximate surface area is 426 Å². The SMILES string of the molecule is [2H]C([2H])([2H])c1ccc(-c2ccnc(-c3[c-]c(-c4cccc5c4nc(-c4cc(C([2H])(C)C)cc(C([2H])(C)C)c4O)n5-c4ccc(-c5c(C([2H])(C)C)cccc5C([2H])(C)C)cc4C([2H])([2H])[2H])cc(-c4ccccc4)c3)c2)cc1.[Pt]. The minimum absolute atomic E-state index is 0. The molecule has 67 heavy (non-hydrogen) atoms. The molecule has 0 unspecified atom stereocenters. The van der Waals surface area contributed by atoms with Crippen molar-refractivity contribution in [3.8, 4) is 78.6 Å². The predicted octanol–water partition coefficient (Wildman–Crippen LogP) is 17.0. The van der Waals surface area contributed by atoms with E-state index in [1.54, 1.807) is 115 Å². The Morgan fingerprint density at radius 3 is 1.91 bits per heavy atom. The van der Waals surface area contributed by atoms with Gasteiger partial charge < -0.3 is 5.11 Å². The minimum Gasteiger partial charge on any atom is -0.507 e. The molecule has 0 aliphatic heterocycles. The molecule has 0 saturated carbocycles. The molecule has 0 aliphatic carbocycles. The number of phenolic OH excluding ortho intramolecular Hbond substituents is 1. The molecule has 0 atom stereocenters. The van der Waals surface area contributed by atoms with Gasteiger partial charge in [0.1, 0.15) is 11.6 Å². The number of aromatic hydroxyl groups is 1. The topological polar surface area (TPSA) is 50.9 Å². The van der Waals surface area contributed by atoms with Gasteiger partial charge in [-0.05, 0) is 123 Å². The van der Waals surface area contributed by atoms with E-state index in [0.717, 1.165) is 22.3 Å². The number of phenols is 1. The Bertz CT molecular complexity index is 3640. The molecular formula is C62H60N3OPt-. The average Bonchev–Trinajstić information content (AvgIpc) is 3.76. The van der Waals surface area contributed by atoms with E-state index in [4.69, 9.17) is 14.1 Å². The number of hydrogen-bond donors (Lipinski definition) is 1. The maximum absolute atomic E-state index is 12.4. The number of hydrogen-bond acceptors (Lipinski definition) is 3. The molecule has 9 rings (SSSR count). The number of fused-ring (bicyclic) bond motifs is 1. The molecule has 9 aromatic rings. The molecule has 0 bridgehead atoms. The van der Waals surface area contributed by atoms with Gasteiger partial charge in [0.25, 0.3) is 0 Å². The third-order valence-electron chi connectivity index (χ3n) is 12.3. The predicted molar refractivity (Wildman–Crippen MR) is 278 cm³/mol. The monoisotopic (exact) mass is 1070 g/mol. The van der Waals surface area contributed by atoms with Gasteiger partial charge in [0.05, 0.1) is 22.3 Å². The first-order valence-electron chi connectivity index (χ1n) is 27.3. The van der Waals surface area contributed by atoms with Crippen molar-refractivity contribution in [1.29, 1.82) is 0 Å². The van der Waals surface area contributed by atoms with E-state index >= 15 is 0 Å². The van der Waals surface area contributed by atoms with Crippen LogP contribution in [0.15, 0.2) is 152 Å². The first-order valence-corrected chi connectivity index (χ1v) is 22.3. The van der Waals surface area contributed by atoms with Crippen LogP contribution in [0.4, 0.5) is 0 Å². The summed E-state index contributed by atoms with van der Waals surface area (Å²) >= 11 is 0. The van der Waals surface area contributed by atoms with Crippen molar-refractivity contribution >= 4 is 11.0 Å². The van der Waals surface area contributed by atoms with Gasteiger partial charge in [0.2, 0.25) is 0 Å². The van der Waals surface area contributed by atoms with Crippen molar-refractivity contribution in [3.63, 3.8) is 0 Å². The van der Waals surface area contributed by atoms with Crippen LogP contribution in [0.2, 0.25) is 0 Å². The molecule has 340 valence electrons. The molecule has 2 aromatic heterocycles. The van der Waals surface area contributed by atoms with Gasteiger partial charge in [0.15, 0.2) is 0 Å². The number of imidazole rings is 1. The van der Waals surface area contributed by atoms with E-state index in [1.807, 2.05) is 97.1 Å². The molecule has 0 fully saturated rings. The molecular weight excluding hydrogens is 998 g/mol. The molecule has 0 radical (unpaired) electrons. The van der Waals surface area contributed by atoms with Crippen molar-refractivity contribution in [2.75, 3.05) is 0 Å². The molecule has 0 spiro atoms. The average molecular weight is 1070 g/mol. The largest absolute Gasteiger partial charge is 0.507 e. The van der Waals surface area contributed by atoms with Crippen LogP contribution in [0.25, 0.3) is 83.9 Å². The van der Waals surface area contributed by atoms with Crippen molar-refractivity contribution in [2.45, 2.75) is 92.7 Å². The van der Waals surface area contributed by atoms with Gasteiger partial charge >= 0.3 is 0 Å². The Kier molecular flexibility index (Phi) is 10.4. The maximum Gasteiger partial charge on any atom is 0.148 e. The van der Waals surface area contributed by atoms with Crippen LogP contribution in [0, 0.1) is 19.8 Å². The normalized spacial score (nSPS) is 14.8. The van der Waals surface area contributed by atoms with Gasteiger partial charge in [0, 0.05) is 46.7 Å². The number of benzene rings is 7. The first-order chi connectivity index (χ1) is 35.4. The van der Waals surface area contributed by atoms with Crippen LogP contribution >= 0.6 is 0 Å². The summed E-state index contributed by atoms with van der Waals surface area (Å²) < 4.78 is 89.6. The van der Waals surface area contributed by atoms with E-state index in [0.29, 0.717) is 61.2 Å². The minimum atomic E-state index is -2.73. The number of pyridine rings is 1. The van der Waals surface area contributed by atoms with Crippen LogP contribution in [-0.4, -0.2) is 19.6 Å². The second-order valence-corrected chi connectivity index (χ2v) is 17.9. The van der Waals surface area contributed by atoms with Gasteiger partial charge in [-0.1, -0.05) is 181 Å². The maximum atomic E-state index is 12.4. The fourth-order valence-electron chi connectivity index (χ4n) is 8.87. The summed E-state index contributed by atoms with van der Waals surface area (Å²) in [5.74, 6) is -4.79. The summed E-state index contributed by atoms with van der Waals surface area (Å²) in [5, 5.41) is 12.4. The zero-order valence-corrected chi connectivity index (χ0v) is 41.3. The molecule has 0 saturated heterocycles. The van der Waals surface area contributed by atoms with Crippen LogP contribution in [0.3, 0.4) is 0 Å². The molecule has 2 heterocycles. The number of nitrogens with zero attached hydrogens (tertiary/aromatic N) is 3. The van der Waals surface area contributed by atoms with Crippen molar-refractivity contribution in [1.82, 2.24) is 14.5 Å². The van der Waals surface area contributed by atoms with Gasteiger partial charge in [-0.2, -0.15) is 0 Å². The molecule has 7 aromatic carbocycles. The van der Waals surface area contributed by atoms with E-state index < -0.39 is 37.3 Å². The van der Waals surface area contributed by atoms with Crippen LogP contribution < -0.4 is 0 Å². The zero-order valence-electron chi connectivity index (χ0n) is 49.0. The van der Waals surface area contributed by atoms with Gasteiger partial charge in [-0.25, -0.2) is 4.98 Å². The number of para-hydroxylation sites is 1. The molecule has 0 aliphatic rings. The number of aryl methyl sites for hydroxylation is 2.